The molecule has 1 rings (SSSR count). The average molecular weight is 261 g/mol. The van der Waals surface area contributed by atoms with Crippen molar-refractivity contribution in [3.8, 4) is 5.75 Å². The Bertz CT molecular complexity index is 388. The molecule has 14 heavy (non-hydrogen) atoms. The van der Waals surface area contributed by atoms with Gasteiger partial charge in [-0.15, -0.1) is 0 Å². The van der Waals surface area contributed by atoms with Gasteiger partial charge in [-0.2, -0.15) is 0 Å². The zero-order valence-electron chi connectivity index (χ0n) is 8.15. The van der Waals surface area contributed by atoms with E-state index in [2.05, 4.69) is 15.9 Å². The Morgan fingerprint density at radius 1 is 1.50 bits per heavy atom. The second kappa shape index (κ2) is 4.09. The number of benzene rings is 1. The Labute approximate surface area is 90.2 Å². The van der Waals surface area contributed by atoms with Crippen LogP contribution in [0.2, 0.25) is 0 Å². The van der Waals surface area contributed by atoms with Gasteiger partial charge in [0, 0.05) is 17.0 Å². The smallest absolute Gasteiger partial charge is 0.308 e. The molecule has 76 valence electrons. The number of hydrogen-bond donors (Lipinski definition) is 0. The van der Waals surface area contributed by atoms with E-state index in [4.69, 9.17) is 4.74 Å². The van der Waals surface area contributed by atoms with Gasteiger partial charge >= 0.3 is 5.97 Å². The summed E-state index contributed by atoms with van der Waals surface area (Å²) in [4.78, 5) is 10.7. The lowest BCUT2D eigenvalue weighted by atomic mass is 10.1. The molecule has 2 nitrogen and oxygen atoms in total. The highest BCUT2D eigenvalue weighted by molar-refractivity contribution is 9.10. The Morgan fingerprint density at radius 3 is 2.57 bits per heavy atom. The Hall–Kier alpha value is -0.900. The minimum absolute atomic E-state index is 0.0179. The number of halogens is 2. The van der Waals surface area contributed by atoms with E-state index in [0.29, 0.717) is 10.0 Å². The number of ether oxygens (including phenoxy) is 1. The maximum Gasteiger partial charge on any atom is 0.308 e. The third-order valence-electron chi connectivity index (χ3n) is 1.82. The summed E-state index contributed by atoms with van der Waals surface area (Å²) in [6.45, 7) is 4.68. The maximum atomic E-state index is 13.5. The summed E-state index contributed by atoms with van der Waals surface area (Å²) < 4.78 is 18.9. The molecule has 0 unspecified atom stereocenters. The molecule has 0 aliphatic carbocycles. The molecule has 0 fully saturated rings. The first-order valence-electron chi connectivity index (χ1n) is 4.07. The lowest BCUT2D eigenvalue weighted by molar-refractivity contribution is -0.132. The van der Waals surface area contributed by atoms with E-state index in [9.17, 15) is 9.18 Å². The van der Waals surface area contributed by atoms with E-state index in [-0.39, 0.29) is 5.75 Å². The van der Waals surface area contributed by atoms with Crippen molar-refractivity contribution in [3.63, 3.8) is 0 Å². The summed E-state index contributed by atoms with van der Waals surface area (Å²) in [5.74, 6) is -1.04. The van der Waals surface area contributed by atoms with Crippen molar-refractivity contribution in [3.05, 3.63) is 27.5 Å². The molecule has 0 heterocycles. The summed E-state index contributed by atoms with van der Waals surface area (Å²) in [5.41, 5.74) is 1.28. The second-order valence-corrected chi connectivity index (χ2v) is 3.83. The van der Waals surface area contributed by atoms with Crippen molar-refractivity contribution < 1.29 is 13.9 Å². The Morgan fingerprint density at radius 2 is 2.07 bits per heavy atom. The van der Waals surface area contributed by atoms with Crippen LogP contribution in [0, 0.1) is 19.7 Å². The van der Waals surface area contributed by atoms with Crippen molar-refractivity contribution >= 4 is 21.9 Å². The summed E-state index contributed by atoms with van der Waals surface area (Å²) in [7, 11) is 0. The molecule has 0 aliphatic rings. The van der Waals surface area contributed by atoms with Gasteiger partial charge in [-0.05, 0) is 25.5 Å². The lowest BCUT2D eigenvalue weighted by Crippen LogP contribution is -2.04. The lowest BCUT2D eigenvalue weighted by Gasteiger charge is -2.09. The van der Waals surface area contributed by atoms with Crippen molar-refractivity contribution in [2.75, 3.05) is 0 Å². The maximum absolute atomic E-state index is 13.5. The molecule has 0 atom stereocenters. The normalized spacial score (nSPS) is 10.1. The van der Waals surface area contributed by atoms with Gasteiger partial charge in [-0.3, -0.25) is 4.79 Å². The molecular formula is C10H10BrFO2. The number of aryl methyl sites for hydroxylation is 1. The SMILES string of the molecule is CC(=O)Oc1cc(C)c(Br)c(C)c1F. The molecule has 0 saturated carbocycles. The molecule has 0 radical (unpaired) electrons. The zero-order chi connectivity index (χ0) is 10.9. The first kappa shape index (κ1) is 11.2. The summed E-state index contributed by atoms with van der Waals surface area (Å²) in [6, 6.07) is 1.49. The van der Waals surface area contributed by atoms with Gasteiger partial charge in [0.2, 0.25) is 0 Å². The molecule has 0 amide bonds. The van der Waals surface area contributed by atoms with Gasteiger partial charge in [0.15, 0.2) is 11.6 Å². The van der Waals surface area contributed by atoms with E-state index in [0.717, 1.165) is 5.56 Å². The minimum atomic E-state index is -0.523. The largest absolute Gasteiger partial charge is 0.424 e. The summed E-state index contributed by atoms with van der Waals surface area (Å²) in [6.07, 6.45) is 0. The molecule has 0 spiro atoms. The van der Waals surface area contributed by atoms with Gasteiger partial charge < -0.3 is 4.74 Å². The van der Waals surface area contributed by atoms with Crippen LogP contribution in [0.5, 0.6) is 5.75 Å². The summed E-state index contributed by atoms with van der Waals surface area (Å²) in [5, 5.41) is 0. The van der Waals surface area contributed by atoms with Crippen molar-refractivity contribution in [1.29, 1.82) is 0 Å². The van der Waals surface area contributed by atoms with E-state index in [1.807, 2.05) is 6.92 Å². The Balaban J connectivity index is 3.25. The molecule has 0 N–H and O–H groups in total. The van der Waals surface area contributed by atoms with Gasteiger partial charge in [-0.1, -0.05) is 15.9 Å². The highest BCUT2D eigenvalue weighted by atomic mass is 79.9. The van der Waals surface area contributed by atoms with Crippen LogP contribution in [0.3, 0.4) is 0 Å². The van der Waals surface area contributed by atoms with Crippen LogP contribution < -0.4 is 4.74 Å². The van der Waals surface area contributed by atoms with Crippen molar-refractivity contribution in [2.24, 2.45) is 0 Å². The average Bonchev–Trinajstić information content (AvgIpc) is 2.10. The third-order valence-corrected chi connectivity index (χ3v) is 3.04. The molecule has 0 saturated heterocycles. The molecule has 0 aliphatic heterocycles. The molecule has 0 aromatic heterocycles. The third kappa shape index (κ3) is 2.12. The standard InChI is InChI=1S/C10H10BrFO2/c1-5-4-8(14-7(3)13)10(12)6(2)9(5)11/h4H,1-3H3. The highest BCUT2D eigenvalue weighted by Crippen LogP contribution is 2.30. The van der Waals surface area contributed by atoms with Crippen LogP contribution in [0.25, 0.3) is 0 Å². The quantitative estimate of drug-likeness (QED) is 0.573. The fourth-order valence-corrected chi connectivity index (χ4v) is 1.42. The van der Waals surface area contributed by atoms with Gasteiger partial charge in [0.1, 0.15) is 0 Å². The molecule has 0 bridgehead atoms. The van der Waals surface area contributed by atoms with Gasteiger partial charge in [0.25, 0.3) is 0 Å². The fraction of sp³-hybridized carbons (Fsp3) is 0.300. The van der Waals surface area contributed by atoms with Crippen LogP contribution >= 0.6 is 15.9 Å². The number of rotatable bonds is 1. The predicted molar refractivity (Wildman–Crippen MR) is 54.9 cm³/mol. The zero-order valence-corrected chi connectivity index (χ0v) is 9.74. The van der Waals surface area contributed by atoms with Gasteiger partial charge in [-0.25, -0.2) is 4.39 Å². The molecule has 1 aromatic carbocycles. The van der Waals surface area contributed by atoms with Crippen LogP contribution in [-0.2, 0) is 4.79 Å². The number of esters is 1. The topological polar surface area (TPSA) is 26.3 Å². The van der Waals surface area contributed by atoms with E-state index < -0.39 is 11.8 Å². The minimum Gasteiger partial charge on any atom is -0.424 e. The first-order chi connectivity index (χ1) is 6.43. The first-order valence-corrected chi connectivity index (χ1v) is 4.86. The van der Waals surface area contributed by atoms with Crippen LogP contribution in [0.15, 0.2) is 10.5 Å². The van der Waals surface area contributed by atoms with Crippen molar-refractivity contribution in [2.45, 2.75) is 20.8 Å². The monoisotopic (exact) mass is 260 g/mol. The number of carbonyl (C=O) groups excluding carboxylic acids is 1. The molecule has 1 aromatic rings. The van der Waals surface area contributed by atoms with E-state index >= 15 is 0 Å². The number of hydrogen-bond acceptors (Lipinski definition) is 2. The van der Waals surface area contributed by atoms with Crippen LogP contribution in [0.1, 0.15) is 18.1 Å². The highest BCUT2D eigenvalue weighted by Gasteiger charge is 2.13. The Kier molecular flexibility index (Phi) is 3.26. The number of carbonyl (C=O) groups is 1. The second-order valence-electron chi connectivity index (χ2n) is 3.04. The van der Waals surface area contributed by atoms with E-state index in [1.165, 1.54) is 13.0 Å². The molecule has 4 heteroatoms. The van der Waals surface area contributed by atoms with Gasteiger partial charge in [0.05, 0.1) is 0 Å². The van der Waals surface area contributed by atoms with Crippen molar-refractivity contribution in [1.82, 2.24) is 0 Å². The van der Waals surface area contributed by atoms with Crippen LogP contribution in [-0.4, -0.2) is 5.97 Å². The molecular weight excluding hydrogens is 251 g/mol. The van der Waals surface area contributed by atoms with Crippen LogP contribution in [0.4, 0.5) is 4.39 Å². The fourth-order valence-electron chi connectivity index (χ4n) is 1.13. The predicted octanol–water partition coefficient (Wildman–Crippen LogP) is 3.13. The summed E-state index contributed by atoms with van der Waals surface area (Å²) >= 11 is 3.25. The van der Waals surface area contributed by atoms with E-state index in [1.54, 1.807) is 6.92 Å².